The fraction of sp³-hybridized carbons (Fsp3) is 0.154. The summed E-state index contributed by atoms with van der Waals surface area (Å²) in [5.74, 6) is 2.35. The van der Waals surface area contributed by atoms with E-state index in [-0.39, 0.29) is 0 Å². The molecule has 0 spiro atoms. The van der Waals surface area contributed by atoms with Crippen molar-refractivity contribution in [2.24, 2.45) is 0 Å². The van der Waals surface area contributed by atoms with Crippen molar-refractivity contribution in [1.29, 1.82) is 0 Å². The van der Waals surface area contributed by atoms with E-state index in [0.29, 0.717) is 10.8 Å². The zero-order valence-electron chi connectivity index (χ0n) is 10.6. The van der Waals surface area contributed by atoms with Gasteiger partial charge in [0.05, 0.1) is 21.2 Å². The van der Waals surface area contributed by atoms with E-state index in [4.69, 9.17) is 11.6 Å². The maximum atomic E-state index is 5.82. The summed E-state index contributed by atoms with van der Waals surface area (Å²) in [6, 6.07) is 5.76. The Kier molecular flexibility index (Phi) is 4.05. The summed E-state index contributed by atoms with van der Waals surface area (Å²) in [5.41, 5.74) is 0. The number of hydrogen-bond donors (Lipinski definition) is 1. The van der Waals surface area contributed by atoms with Crippen LogP contribution >= 0.6 is 34.7 Å². The molecule has 1 N–H and O–H groups in total. The highest BCUT2D eigenvalue weighted by molar-refractivity contribution is 7.98. The Bertz CT molecular complexity index is 727. The quantitative estimate of drug-likeness (QED) is 0.734. The minimum absolute atomic E-state index is 0.642. The van der Waals surface area contributed by atoms with Crippen LogP contribution in [0.15, 0.2) is 34.8 Å². The van der Waals surface area contributed by atoms with Crippen LogP contribution in [0.2, 0.25) is 5.02 Å². The predicted octanol–water partition coefficient (Wildman–Crippen LogP) is 4.07. The third-order valence-corrected chi connectivity index (χ3v) is 4.63. The molecule has 0 amide bonds. The Morgan fingerprint density at radius 2 is 2.20 bits per heavy atom. The second-order valence-electron chi connectivity index (χ2n) is 3.98. The van der Waals surface area contributed by atoms with Gasteiger partial charge in [0, 0.05) is 13.2 Å². The van der Waals surface area contributed by atoms with E-state index < -0.39 is 0 Å². The van der Waals surface area contributed by atoms with Crippen LogP contribution in [-0.2, 0) is 5.75 Å². The van der Waals surface area contributed by atoms with Gasteiger partial charge in [0.2, 0.25) is 0 Å². The van der Waals surface area contributed by atoms with Crippen LogP contribution in [0.3, 0.4) is 0 Å². The zero-order valence-corrected chi connectivity index (χ0v) is 13.0. The molecule has 0 aliphatic heterocycles. The molecule has 4 nitrogen and oxygen atoms in total. The van der Waals surface area contributed by atoms with Crippen molar-refractivity contribution in [2.45, 2.75) is 10.8 Å². The molecule has 0 unspecified atom stereocenters. The van der Waals surface area contributed by atoms with Crippen LogP contribution in [0.1, 0.15) is 5.82 Å². The fourth-order valence-corrected chi connectivity index (χ4v) is 3.33. The Morgan fingerprint density at radius 1 is 1.30 bits per heavy atom. The molecule has 3 aromatic rings. The van der Waals surface area contributed by atoms with Gasteiger partial charge < -0.3 is 5.32 Å². The average Bonchev–Trinajstić information content (AvgIpc) is 2.94. The molecule has 0 fully saturated rings. The van der Waals surface area contributed by atoms with Crippen LogP contribution in [0.5, 0.6) is 0 Å². The molecule has 0 saturated carbocycles. The molecule has 7 heteroatoms. The van der Waals surface area contributed by atoms with Crippen molar-refractivity contribution < 1.29 is 0 Å². The molecular weight excluding hydrogens is 312 g/mol. The predicted molar refractivity (Wildman–Crippen MR) is 85.8 cm³/mol. The van der Waals surface area contributed by atoms with Gasteiger partial charge in [-0.3, -0.25) is 0 Å². The lowest BCUT2D eigenvalue weighted by atomic mass is 10.4. The van der Waals surface area contributed by atoms with E-state index in [1.807, 2.05) is 30.6 Å². The van der Waals surface area contributed by atoms with Gasteiger partial charge in [0.15, 0.2) is 0 Å². The van der Waals surface area contributed by atoms with Gasteiger partial charge in [-0.05, 0) is 23.6 Å². The van der Waals surface area contributed by atoms with Crippen molar-refractivity contribution in [1.82, 2.24) is 15.0 Å². The number of nitrogens with one attached hydrogen (secondary N) is 1. The number of halogens is 1. The molecule has 0 radical (unpaired) electrons. The lowest BCUT2D eigenvalue weighted by Crippen LogP contribution is -1.99. The zero-order chi connectivity index (χ0) is 13.9. The maximum absolute atomic E-state index is 5.82. The number of nitrogens with zero attached hydrogens (tertiary/aromatic N) is 3. The molecule has 3 rings (SSSR count). The van der Waals surface area contributed by atoms with E-state index in [2.05, 4.69) is 20.3 Å². The van der Waals surface area contributed by atoms with Crippen LogP contribution < -0.4 is 5.32 Å². The van der Waals surface area contributed by atoms with Gasteiger partial charge in [-0.2, -0.15) is 0 Å². The summed E-state index contributed by atoms with van der Waals surface area (Å²) >= 11 is 9.03. The van der Waals surface area contributed by atoms with E-state index >= 15 is 0 Å². The normalized spacial score (nSPS) is 10.9. The smallest absolute Gasteiger partial charge is 0.142 e. The van der Waals surface area contributed by atoms with Crippen molar-refractivity contribution in [3.05, 3.63) is 40.6 Å². The van der Waals surface area contributed by atoms with Crippen LogP contribution in [0.25, 0.3) is 10.2 Å². The number of aromatic nitrogens is 3. The molecule has 3 aromatic heterocycles. The Hall–Kier alpha value is -1.37. The number of thiophene rings is 1. The molecule has 0 aliphatic carbocycles. The van der Waals surface area contributed by atoms with E-state index in [1.165, 1.54) is 0 Å². The minimum Gasteiger partial charge on any atom is -0.372 e. The highest BCUT2D eigenvalue weighted by Gasteiger charge is 2.08. The van der Waals surface area contributed by atoms with Gasteiger partial charge in [-0.15, -0.1) is 11.3 Å². The van der Waals surface area contributed by atoms with Crippen LogP contribution in [0.4, 0.5) is 5.82 Å². The number of thioether (sulfide) groups is 1. The summed E-state index contributed by atoms with van der Waals surface area (Å²) in [6.45, 7) is 0. The number of rotatable bonds is 4. The topological polar surface area (TPSA) is 50.7 Å². The van der Waals surface area contributed by atoms with Crippen molar-refractivity contribution in [3.8, 4) is 0 Å². The second kappa shape index (κ2) is 5.95. The molecule has 102 valence electrons. The molecule has 0 atom stereocenters. The Balaban J connectivity index is 1.81. The molecule has 3 heterocycles. The fourth-order valence-electron chi connectivity index (χ4n) is 1.74. The molecule has 20 heavy (non-hydrogen) atoms. The molecular formula is C13H11ClN4S2. The largest absolute Gasteiger partial charge is 0.372 e. The lowest BCUT2D eigenvalue weighted by Gasteiger charge is -2.05. The SMILES string of the molecule is CNc1nc(CSc2ccc(Cl)cn2)nc2sccc12. The van der Waals surface area contributed by atoms with Crippen LogP contribution in [-0.4, -0.2) is 22.0 Å². The van der Waals surface area contributed by atoms with Gasteiger partial charge in [0.1, 0.15) is 16.5 Å². The Labute approximate surface area is 129 Å². The first-order chi connectivity index (χ1) is 9.76. The van der Waals surface area contributed by atoms with Gasteiger partial charge >= 0.3 is 0 Å². The molecule has 0 aliphatic rings. The molecule has 0 saturated heterocycles. The number of anilines is 1. The van der Waals surface area contributed by atoms with E-state index in [9.17, 15) is 0 Å². The summed E-state index contributed by atoms with van der Waals surface area (Å²) in [7, 11) is 1.87. The van der Waals surface area contributed by atoms with Crippen LogP contribution in [0, 0.1) is 0 Å². The summed E-state index contributed by atoms with van der Waals surface area (Å²) in [4.78, 5) is 14.4. The highest BCUT2D eigenvalue weighted by atomic mass is 35.5. The average molecular weight is 323 g/mol. The van der Waals surface area contributed by atoms with Gasteiger partial charge in [0.25, 0.3) is 0 Å². The summed E-state index contributed by atoms with van der Waals surface area (Å²) in [5, 5.41) is 7.76. The van der Waals surface area contributed by atoms with E-state index in [1.54, 1.807) is 29.3 Å². The van der Waals surface area contributed by atoms with Gasteiger partial charge in [-0.25, -0.2) is 15.0 Å². The first-order valence-electron chi connectivity index (χ1n) is 5.92. The standard InChI is InChI=1S/C13H11ClN4S2/c1-15-12-9-4-5-19-13(9)18-10(17-12)7-20-11-3-2-8(14)6-16-11/h2-6H,7H2,1H3,(H,15,17,18). The molecule has 0 aromatic carbocycles. The highest BCUT2D eigenvalue weighted by Crippen LogP contribution is 2.27. The van der Waals surface area contributed by atoms with Crippen molar-refractivity contribution in [2.75, 3.05) is 12.4 Å². The molecule has 0 bridgehead atoms. The summed E-state index contributed by atoms with van der Waals surface area (Å²) < 4.78 is 0. The first-order valence-corrected chi connectivity index (χ1v) is 8.17. The third kappa shape index (κ3) is 2.87. The lowest BCUT2D eigenvalue weighted by molar-refractivity contribution is 1.06. The third-order valence-electron chi connectivity index (χ3n) is 2.66. The monoisotopic (exact) mass is 322 g/mol. The Morgan fingerprint density at radius 3 is 2.95 bits per heavy atom. The summed E-state index contributed by atoms with van der Waals surface area (Å²) in [6.07, 6.45) is 1.65. The first kappa shape index (κ1) is 13.6. The number of hydrogen-bond acceptors (Lipinski definition) is 6. The van der Waals surface area contributed by atoms with Gasteiger partial charge in [-0.1, -0.05) is 23.4 Å². The minimum atomic E-state index is 0.642. The van der Waals surface area contributed by atoms with E-state index in [0.717, 1.165) is 26.9 Å². The van der Waals surface area contributed by atoms with Crippen molar-refractivity contribution >= 4 is 50.7 Å². The second-order valence-corrected chi connectivity index (χ2v) is 6.31. The number of pyridine rings is 1. The van der Waals surface area contributed by atoms with Crippen molar-refractivity contribution in [3.63, 3.8) is 0 Å². The number of fused-ring (bicyclic) bond motifs is 1. The maximum Gasteiger partial charge on any atom is 0.142 e.